The third kappa shape index (κ3) is 6.23. The maximum Gasteiger partial charge on any atom is 0.317 e. The van der Waals surface area contributed by atoms with E-state index in [0.717, 1.165) is 12.8 Å². The lowest BCUT2D eigenvalue weighted by Crippen LogP contribution is -2.42. The Bertz CT molecular complexity index is 316. The molecule has 20 heavy (non-hydrogen) atoms. The molecule has 1 aliphatic rings. The van der Waals surface area contributed by atoms with E-state index in [9.17, 15) is 9.59 Å². The largest absolute Gasteiger partial charge is 0.481 e. The smallest absolute Gasteiger partial charge is 0.317 e. The Hall–Kier alpha value is -1.30. The molecule has 1 unspecified atom stereocenters. The van der Waals surface area contributed by atoms with Crippen molar-refractivity contribution < 1.29 is 19.4 Å². The highest BCUT2D eigenvalue weighted by Crippen LogP contribution is 2.19. The molecule has 1 rings (SSSR count). The van der Waals surface area contributed by atoms with Gasteiger partial charge in [-0.25, -0.2) is 4.79 Å². The van der Waals surface area contributed by atoms with E-state index in [1.54, 1.807) is 14.0 Å². The van der Waals surface area contributed by atoms with Crippen molar-refractivity contribution in [2.24, 2.45) is 5.92 Å². The van der Waals surface area contributed by atoms with Crippen LogP contribution in [-0.2, 0) is 9.53 Å². The number of rotatable bonds is 7. The van der Waals surface area contributed by atoms with Gasteiger partial charge in [0.25, 0.3) is 0 Å². The molecule has 0 aliphatic heterocycles. The van der Waals surface area contributed by atoms with Crippen LogP contribution in [0.2, 0.25) is 0 Å². The average Bonchev–Trinajstić information content (AvgIpc) is 2.44. The van der Waals surface area contributed by atoms with E-state index < -0.39 is 11.9 Å². The number of carbonyl (C=O) groups is 2. The van der Waals surface area contributed by atoms with Gasteiger partial charge in [-0.05, 0) is 12.8 Å². The van der Waals surface area contributed by atoms with Crippen LogP contribution in [0.4, 0.5) is 4.79 Å². The number of aliphatic carboxylic acids is 1. The summed E-state index contributed by atoms with van der Waals surface area (Å²) in [6.07, 6.45) is 6.32. The van der Waals surface area contributed by atoms with Gasteiger partial charge in [-0.1, -0.05) is 26.2 Å². The predicted octanol–water partition coefficient (Wildman–Crippen LogP) is 1.70. The molecular formula is C14H26N2O4. The molecule has 1 fully saturated rings. The molecule has 116 valence electrons. The lowest BCUT2D eigenvalue weighted by atomic mass is 9.98. The topological polar surface area (TPSA) is 78.9 Å². The van der Waals surface area contributed by atoms with Gasteiger partial charge in [-0.3, -0.25) is 4.79 Å². The third-order valence-corrected chi connectivity index (χ3v) is 3.60. The first-order valence-electron chi connectivity index (χ1n) is 7.34. The minimum atomic E-state index is -0.898. The molecule has 6 nitrogen and oxygen atoms in total. The first-order chi connectivity index (χ1) is 9.50. The molecule has 0 spiro atoms. The summed E-state index contributed by atoms with van der Waals surface area (Å²) < 4.78 is 5.71. The average molecular weight is 286 g/mol. The van der Waals surface area contributed by atoms with Gasteiger partial charge in [0.15, 0.2) is 0 Å². The fourth-order valence-electron chi connectivity index (χ4n) is 2.32. The number of amides is 2. The number of nitrogens with zero attached hydrogens (tertiary/aromatic N) is 1. The Kier molecular flexibility index (Phi) is 7.36. The number of hydrogen-bond donors (Lipinski definition) is 2. The molecule has 0 heterocycles. The van der Waals surface area contributed by atoms with Crippen molar-refractivity contribution in [3.05, 3.63) is 0 Å². The summed E-state index contributed by atoms with van der Waals surface area (Å²) in [5, 5.41) is 11.5. The van der Waals surface area contributed by atoms with Crippen molar-refractivity contribution in [3.8, 4) is 0 Å². The number of urea groups is 1. The fourth-order valence-corrected chi connectivity index (χ4v) is 2.32. The van der Waals surface area contributed by atoms with Crippen LogP contribution in [0.3, 0.4) is 0 Å². The molecule has 0 bridgehead atoms. The summed E-state index contributed by atoms with van der Waals surface area (Å²) in [5.74, 6) is -1.46. The van der Waals surface area contributed by atoms with Crippen LogP contribution in [0, 0.1) is 5.92 Å². The molecule has 2 amide bonds. The van der Waals surface area contributed by atoms with Gasteiger partial charge >= 0.3 is 12.0 Å². The molecule has 1 atom stereocenters. The number of nitrogens with one attached hydrogen (secondary N) is 1. The van der Waals surface area contributed by atoms with Crippen LogP contribution in [0.1, 0.15) is 39.0 Å². The van der Waals surface area contributed by atoms with Crippen LogP contribution in [0.5, 0.6) is 0 Å². The Morgan fingerprint density at radius 3 is 2.60 bits per heavy atom. The van der Waals surface area contributed by atoms with Gasteiger partial charge < -0.3 is 20.1 Å². The maximum absolute atomic E-state index is 11.7. The van der Waals surface area contributed by atoms with E-state index in [2.05, 4.69) is 5.32 Å². The first-order valence-corrected chi connectivity index (χ1v) is 7.34. The van der Waals surface area contributed by atoms with Gasteiger partial charge in [-0.2, -0.15) is 0 Å². The minimum Gasteiger partial charge on any atom is -0.481 e. The van der Waals surface area contributed by atoms with Crippen LogP contribution in [-0.4, -0.2) is 54.9 Å². The van der Waals surface area contributed by atoms with Gasteiger partial charge in [0.1, 0.15) is 0 Å². The highest BCUT2D eigenvalue weighted by molar-refractivity contribution is 5.75. The van der Waals surface area contributed by atoms with Crippen LogP contribution >= 0.6 is 0 Å². The fraction of sp³-hybridized carbons (Fsp3) is 0.857. The molecule has 0 aromatic rings. The lowest BCUT2D eigenvalue weighted by molar-refractivity contribution is -0.141. The highest BCUT2D eigenvalue weighted by Gasteiger charge is 2.17. The Morgan fingerprint density at radius 2 is 2.00 bits per heavy atom. The number of hydrogen-bond acceptors (Lipinski definition) is 3. The van der Waals surface area contributed by atoms with Crippen LogP contribution in [0.15, 0.2) is 0 Å². The maximum atomic E-state index is 11.7. The van der Waals surface area contributed by atoms with E-state index in [1.807, 2.05) is 0 Å². The third-order valence-electron chi connectivity index (χ3n) is 3.60. The SMILES string of the molecule is CC(CN(C)C(=O)NCCOC1CCCCC1)C(=O)O. The number of carboxylic acid groups (broad SMARTS) is 1. The summed E-state index contributed by atoms with van der Waals surface area (Å²) in [6.45, 7) is 2.75. The number of carbonyl (C=O) groups excluding carboxylic acids is 1. The molecule has 2 N–H and O–H groups in total. The molecule has 0 aromatic heterocycles. The molecule has 6 heteroatoms. The van der Waals surface area contributed by atoms with Crippen LogP contribution in [0.25, 0.3) is 0 Å². The minimum absolute atomic E-state index is 0.199. The Balaban J connectivity index is 2.10. The standard InChI is InChI=1S/C14H26N2O4/c1-11(13(17)18)10-16(2)14(19)15-8-9-20-12-6-4-3-5-7-12/h11-12H,3-10H2,1-2H3,(H,15,19)(H,17,18). The Morgan fingerprint density at radius 1 is 1.35 bits per heavy atom. The van der Waals surface area contributed by atoms with Crippen molar-refractivity contribution in [3.63, 3.8) is 0 Å². The van der Waals surface area contributed by atoms with Gasteiger partial charge in [0.05, 0.1) is 18.6 Å². The van der Waals surface area contributed by atoms with Crippen molar-refractivity contribution in [2.75, 3.05) is 26.7 Å². The lowest BCUT2D eigenvalue weighted by Gasteiger charge is -2.23. The Labute approximate surface area is 120 Å². The zero-order chi connectivity index (χ0) is 15.0. The molecular weight excluding hydrogens is 260 g/mol. The quantitative estimate of drug-likeness (QED) is 0.698. The van der Waals surface area contributed by atoms with Crippen molar-refractivity contribution in [1.29, 1.82) is 0 Å². The van der Waals surface area contributed by atoms with Crippen molar-refractivity contribution in [2.45, 2.75) is 45.1 Å². The van der Waals surface area contributed by atoms with Crippen molar-refractivity contribution in [1.82, 2.24) is 10.2 Å². The molecule has 0 radical (unpaired) electrons. The summed E-state index contributed by atoms with van der Waals surface area (Å²) >= 11 is 0. The molecule has 0 aromatic carbocycles. The summed E-state index contributed by atoms with van der Waals surface area (Å²) in [7, 11) is 1.59. The highest BCUT2D eigenvalue weighted by atomic mass is 16.5. The summed E-state index contributed by atoms with van der Waals surface area (Å²) in [5.41, 5.74) is 0. The second-order valence-corrected chi connectivity index (χ2v) is 5.48. The first kappa shape index (κ1) is 16.8. The van der Waals surface area contributed by atoms with E-state index in [4.69, 9.17) is 9.84 Å². The van der Waals surface area contributed by atoms with E-state index >= 15 is 0 Å². The normalized spacial score (nSPS) is 17.5. The zero-order valence-electron chi connectivity index (χ0n) is 12.4. The summed E-state index contributed by atoms with van der Waals surface area (Å²) in [4.78, 5) is 23.8. The van der Waals surface area contributed by atoms with E-state index in [0.29, 0.717) is 19.3 Å². The van der Waals surface area contributed by atoms with Gasteiger partial charge in [0, 0.05) is 20.1 Å². The predicted molar refractivity (Wildman–Crippen MR) is 75.7 cm³/mol. The molecule has 1 saturated carbocycles. The monoisotopic (exact) mass is 286 g/mol. The summed E-state index contributed by atoms with van der Waals surface area (Å²) in [6, 6.07) is -0.259. The number of carboxylic acids is 1. The second-order valence-electron chi connectivity index (χ2n) is 5.48. The van der Waals surface area contributed by atoms with Crippen LogP contribution < -0.4 is 5.32 Å². The molecule has 1 aliphatic carbocycles. The van der Waals surface area contributed by atoms with Gasteiger partial charge in [-0.15, -0.1) is 0 Å². The van der Waals surface area contributed by atoms with E-state index in [1.165, 1.54) is 24.2 Å². The molecule has 0 saturated heterocycles. The zero-order valence-corrected chi connectivity index (χ0v) is 12.4. The number of ether oxygens (including phenoxy) is 1. The van der Waals surface area contributed by atoms with Crippen molar-refractivity contribution >= 4 is 12.0 Å². The van der Waals surface area contributed by atoms with Gasteiger partial charge in [0.2, 0.25) is 0 Å². The second kappa shape index (κ2) is 8.79. The van der Waals surface area contributed by atoms with E-state index in [-0.39, 0.29) is 12.6 Å².